The van der Waals surface area contributed by atoms with Gasteiger partial charge in [-0.3, -0.25) is 0 Å². The maximum Gasteiger partial charge on any atom is 0.204 e. The van der Waals surface area contributed by atoms with Gasteiger partial charge in [0, 0.05) is 121 Å². The van der Waals surface area contributed by atoms with Gasteiger partial charge in [0.2, 0.25) is 23.3 Å². The average Bonchev–Trinajstić information content (AvgIpc) is 0.749. The summed E-state index contributed by atoms with van der Waals surface area (Å²) in [6.45, 7) is 8.68. The monoisotopic (exact) mass is 1630 g/mol. The van der Waals surface area contributed by atoms with Crippen LogP contribution in [-0.2, 0) is 26.2 Å². The predicted octanol–water partition coefficient (Wildman–Crippen LogP) is 23.4. The van der Waals surface area contributed by atoms with E-state index in [4.69, 9.17) is 21.0 Å². The number of hydrogen-bond acceptors (Lipinski definition) is 12. The van der Waals surface area contributed by atoms with E-state index in [0.29, 0.717) is 23.3 Å². The summed E-state index contributed by atoms with van der Waals surface area (Å²) in [5.41, 5.74) is 8.22. The van der Waals surface area contributed by atoms with Crippen molar-refractivity contribution >= 4 is 63.6 Å². The van der Waals surface area contributed by atoms with Crippen LogP contribution in [0.5, 0.6) is 0 Å². The first-order valence-corrected chi connectivity index (χ1v) is 37.6. The van der Waals surface area contributed by atoms with Gasteiger partial charge in [0.25, 0.3) is 0 Å². The molecule has 6 aromatic heterocycles. The van der Waals surface area contributed by atoms with Gasteiger partial charge in [-0.15, -0.1) is 40.8 Å². The standard InChI is InChI=1S/C40H32N12.C16H10.4C2H3N.4F6P/c1-2-30-4-3-29(1)25-49-17-9-33(10-18-49)37-41-45-39(46-42-37)35-13-21-51(22-14-35)27-31-5-7-32(8-6-31)28-52-23-15-36(16-24-52)40-47-43-38(44-48-40)34-11-19-50(26-30)20-12-34;1-3-11-7-9-13-5-2-6-14-10-8-12(4-1)15(11)16(13)14;4*1-2-3;4*1-7(2,3,4,5)6/h1-24H,25-28H2;1-10H;4*1H3;;;;/q+4;;;;;;4*-1. The van der Waals surface area contributed by atoms with Gasteiger partial charge in [-0.1, -0.05) is 109 Å². The molecule has 0 amide bonds. The Labute approximate surface area is 595 Å². The Kier molecular flexibility index (Phi) is 26.2. The summed E-state index contributed by atoms with van der Waals surface area (Å²) >= 11 is 0. The molecule has 0 radical (unpaired) electrons. The summed E-state index contributed by atoms with van der Waals surface area (Å²) in [5, 5.41) is 72.5. The summed E-state index contributed by atoms with van der Waals surface area (Å²) < 4.78 is 245. The van der Waals surface area contributed by atoms with E-state index in [0.717, 1.165) is 48.4 Å². The van der Waals surface area contributed by atoms with E-state index in [9.17, 15) is 101 Å². The molecule has 0 saturated carbocycles. The molecular formula is C64H54F24N16P4. The van der Waals surface area contributed by atoms with Crippen molar-refractivity contribution in [3.05, 3.63) is 230 Å². The molecule has 34 rings (SSSR count). The van der Waals surface area contributed by atoms with Gasteiger partial charge < -0.3 is 0 Å². The zero-order valence-corrected chi connectivity index (χ0v) is 59.1. The maximum atomic E-state index is 9.87. The van der Waals surface area contributed by atoms with Gasteiger partial charge in [-0.25, -0.2) is 18.3 Å². The van der Waals surface area contributed by atoms with Crippen LogP contribution in [0, 0.1) is 45.3 Å². The Morgan fingerprint density at radius 1 is 0.241 bits per heavy atom. The first kappa shape index (κ1) is 89.2. The third-order valence-electron chi connectivity index (χ3n) is 12.5. The summed E-state index contributed by atoms with van der Waals surface area (Å²) in [6.07, 6.45) is 16.2. The molecule has 28 heterocycles. The van der Waals surface area contributed by atoms with Crippen molar-refractivity contribution < 1.29 is 119 Å². The Morgan fingerprint density at radius 2 is 0.370 bits per heavy atom. The van der Waals surface area contributed by atoms with Crippen LogP contribution >= 0.6 is 31.2 Å². The van der Waals surface area contributed by atoms with Crippen LogP contribution in [0.3, 0.4) is 0 Å². The minimum Gasteiger partial charge on any atom is -0.201 e. The van der Waals surface area contributed by atoms with E-state index < -0.39 is 31.2 Å². The number of benzene rings is 6. The normalized spacial score (nSPS) is 14.0. The number of nitrogens with zero attached hydrogens (tertiary/aromatic N) is 16. The molecule has 16 nitrogen and oxygen atoms in total. The Bertz CT molecular complexity index is 4470. The Balaban J connectivity index is 0.000000353. The van der Waals surface area contributed by atoms with Crippen molar-refractivity contribution in [1.82, 2.24) is 40.8 Å². The van der Waals surface area contributed by atoms with E-state index in [1.165, 1.54) is 82.3 Å². The van der Waals surface area contributed by atoms with E-state index in [2.05, 4.69) is 168 Å². The second-order valence-electron chi connectivity index (χ2n) is 21.8. The van der Waals surface area contributed by atoms with E-state index in [1.54, 1.807) is 24.3 Å². The Hall–Kier alpha value is -11.2. The second kappa shape index (κ2) is 31.7. The quantitative estimate of drug-likeness (QED) is 0.0600. The molecule has 22 aliphatic rings. The molecule has 0 saturated heterocycles. The Morgan fingerprint density at radius 3 is 0.500 bits per heavy atom. The van der Waals surface area contributed by atoms with Gasteiger partial charge in [0.1, 0.15) is 0 Å². The fraction of sp³-hybridized carbons (Fsp3) is 0.125. The summed E-state index contributed by atoms with van der Waals surface area (Å²) in [6, 6.07) is 62.0. The van der Waals surface area contributed by atoms with Crippen molar-refractivity contribution in [1.29, 1.82) is 21.0 Å². The van der Waals surface area contributed by atoms with Crippen LogP contribution in [0.1, 0.15) is 49.9 Å². The molecule has 22 aliphatic heterocycles. The molecule has 16 bridgehead atoms. The zero-order valence-electron chi connectivity index (χ0n) is 55.5. The number of hydrogen-bond donors (Lipinski definition) is 0. The van der Waals surface area contributed by atoms with Gasteiger partial charge in [0.05, 0.1) is 24.3 Å². The minimum absolute atomic E-state index is 0.484. The second-order valence-corrected chi connectivity index (χ2v) is 29.4. The summed E-state index contributed by atoms with van der Waals surface area (Å²) in [5.74, 6) is 1.94. The van der Waals surface area contributed by atoms with Crippen LogP contribution < -0.4 is 18.3 Å². The first-order chi connectivity index (χ1) is 49.1. The van der Waals surface area contributed by atoms with E-state index in [-0.39, 0.29) is 0 Å². The van der Waals surface area contributed by atoms with Crippen molar-refractivity contribution in [2.24, 2.45) is 0 Å². The van der Waals surface area contributed by atoms with Crippen LogP contribution in [0.25, 0.3) is 77.9 Å². The molecule has 578 valence electrons. The van der Waals surface area contributed by atoms with Crippen molar-refractivity contribution in [3.63, 3.8) is 0 Å². The number of halogens is 24. The SMILES string of the molecule is CC#N.CC#N.CC#N.CC#N.F[P-](F)(F)(F)(F)F.F[P-](F)(F)(F)(F)F.F[P-](F)(F)(F)(F)F.F[P-](F)(F)(F)(F)F.c1cc2ccc1C[n+]1ccc(cc1)-c1nnc(nn1)-c1cc[n+](cc1)Cc1ccc(cc1)C[n+]1ccc(cc1)-c1nnc(nn1)-c1cc[n+](cc1)C2.c1cc2ccc3cccc4ccc(c1)c2c34. The smallest absolute Gasteiger partial charge is 0.201 e. The predicted molar refractivity (Wildman–Crippen MR) is 357 cm³/mol. The van der Waals surface area contributed by atoms with Crippen molar-refractivity contribution in [2.45, 2.75) is 53.9 Å². The molecular weight excluding hydrogens is 1570 g/mol. The van der Waals surface area contributed by atoms with Crippen LogP contribution in [0.15, 0.2) is 207 Å². The van der Waals surface area contributed by atoms with Gasteiger partial charge in [-0.05, 0) is 32.3 Å². The topological polar surface area (TPSA) is 214 Å². The molecule has 0 spiro atoms. The molecule has 0 aliphatic carbocycles. The van der Waals surface area contributed by atoms with Crippen LogP contribution in [0.4, 0.5) is 101 Å². The summed E-state index contributed by atoms with van der Waals surface area (Å²) in [7, 11) is -42.6. The number of aromatic nitrogens is 12. The molecule has 0 fully saturated rings. The average molecular weight is 1630 g/mol. The van der Waals surface area contributed by atoms with E-state index >= 15 is 0 Å². The molecule has 0 N–H and O–H groups in total. The molecule has 44 heteroatoms. The molecule has 0 atom stereocenters. The molecule has 6 aromatic carbocycles. The van der Waals surface area contributed by atoms with Gasteiger partial charge in [0.15, 0.2) is 75.8 Å². The molecule has 12 aromatic rings. The number of pyridine rings is 4. The fourth-order valence-electron chi connectivity index (χ4n) is 8.78. The largest absolute Gasteiger partial charge is 0.204 e. The van der Waals surface area contributed by atoms with E-state index in [1.807, 2.05) is 98.1 Å². The molecule has 0 unspecified atom stereocenters. The maximum absolute atomic E-state index is 10.7. The molecule has 108 heavy (non-hydrogen) atoms. The van der Waals surface area contributed by atoms with Crippen molar-refractivity contribution in [2.75, 3.05) is 0 Å². The first-order valence-electron chi connectivity index (χ1n) is 29.5. The third kappa shape index (κ3) is 40.9. The summed E-state index contributed by atoms with van der Waals surface area (Å²) in [4.78, 5) is 0. The third-order valence-corrected chi connectivity index (χ3v) is 12.5. The van der Waals surface area contributed by atoms with Crippen LogP contribution in [0.2, 0.25) is 0 Å². The van der Waals surface area contributed by atoms with Crippen molar-refractivity contribution in [3.8, 4) is 69.8 Å². The number of nitriles is 4. The van der Waals surface area contributed by atoms with Gasteiger partial charge in [-0.2, -0.15) is 21.0 Å². The van der Waals surface area contributed by atoms with Gasteiger partial charge >= 0.3 is 132 Å². The minimum atomic E-state index is -10.7. The number of rotatable bonds is 0. The van der Waals surface area contributed by atoms with Crippen LogP contribution in [-0.4, -0.2) is 40.8 Å². The fourth-order valence-corrected chi connectivity index (χ4v) is 8.78. The zero-order chi connectivity index (χ0) is 81.7.